The molecule has 0 fully saturated rings. The lowest BCUT2D eigenvalue weighted by Crippen LogP contribution is -2.34. The minimum Gasteiger partial charge on any atom is -0.371 e. The van der Waals surface area contributed by atoms with Crippen molar-refractivity contribution in [3.8, 4) is 0 Å². The number of hydrogen-bond donors (Lipinski definition) is 1. The molecule has 0 radical (unpaired) electrons. The Morgan fingerprint density at radius 3 is 2.63 bits per heavy atom. The molecular formula is C15H25ClN2S. The molecule has 0 saturated heterocycles. The number of halogens is 1. The van der Waals surface area contributed by atoms with Gasteiger partial charge < -0.3 is 10.6 Å². The van der Waals surface area contributed by atoms with Crippen molar-refractivity contribution in [3.05, 3.63) is 28.8 Å². The number of thioether (sulfide) groups is 1. The topological polar surface area (TPSA) is 29.3 Å². The summed E-state index contributed by atoms with van der Waals surface area (Å²) in [7, 11) is 2.15. The molecule has 108 valence electrons. The van der Waals surface area contributed by atoms with Gasteiger partial charge in [-0.25, -0.2) is 0 Å². The van der Waals surface area contributed by atoms with Gasteiger partial charge in [-0.05, 0) is 43.7 Å². The van der Waals surface area contributed by atoms with E-state index in [9.17, 15) is 0 Å². The van der Waals surface area contributed by atoms with Crippen LogP contribution in [-0.2, 0) is 6.42 Å². The number of rotatable bonds is 7. The second kappa shape index (κ2) is 8.03. The van der Waals surface area contributed by atoms with Gasteiger partial charge >= 0.3 is 0 Å². The van der Waals surface area contributed by atoms with E-state index in [0.717, 1.165) is 23.6 Å². The van der Waals surface area contributed by atoms with Crippen molar-refractivity contribution >= 4 is 29.1 Å². The fourth-order valence-electron chi connectivity index (χ4n) is 2.28. The molecule has 0 aromatic heterocycles. The molecule has 1 rings (SSSR count). The van der Waals surface area contributed by atoms with E-state index < -0.39 is 0 Å². The molecule has 2 nitrogen and oxygen atoms in total. The van der Waals surface area contributed by atoms with Crippen LogP contribution in [0.5, 0.6) is 0 Å². The molecular weight excluding hydrogens is 276 g/mol. The zero-order chi connectivity index (χ0) is 14.4. The molecule has 19 heavy (non-hydrogen) atoms. The molecule has 0 spiro atoms. The lowest BCUT2D eigenvalue weighted by atomic mass is 10.0. The van der Waals surface area contributed by atoms with Crippen LogP contribution in [0.15, 0.2) is 18.2 Å². The van der Waals surface area contributed by atoms with Crippen LogP contribution in [0.25, 0.3) is 0 Å². The van der Waals surface area contributed by atoms with Crippen molar-refractivity contribution in [2.45, 2.75) is 38.8 Å². The minimum atomic E-state index is 0.161. The molecule has 1 aromatic carbocycles. The Hall–Kier alpha value is -0.380. The maximum absolute atomic E-state index is 6.16. The van der Waals surface area contributed by atoms with E-state index >= 15 is 0 Å². The predicted molar refractivity (Wildman–Crippen MR) is 89.7 cm³/mol. The molecule has 2 atom stereocenters. The van der Waals surface area contributed by atoms with Gasteiger partial charge in [-0.2, -0.15) is 11.8 Å². The number of hydrogen-bond acceptors (Lipinski definition) is 3. The van der Waals surface area contributed by atoms with Gasteiger partial charge in [0.1, 0.15) is 0 Å². The minimum absolute atomic E-state index is 0.161. The van der Waals surface area contributed by atoms with Gasteiger partial charge in [0.2, 0.25) is 0 Å². The van der Waals surface area contributed by atoms with Crippen LogP contribution in [0.3, 0.4) is 0 Å². The van der Waals surface area contributed by atoms with Crippen LogP contribution in [0.2, 0.25) is 5.02 Å². The summed E-state index contributed by atoms with van der Waals surface area (Å²) >= 11 is 8.04. The highest BCUT2D eigenvalue weighted by Gasteiger charge is 2.16. The Labute approximate surface area is 126 Å². The smallest absolute Gasteiger partial charge is 0.0426 e. The first-order chi connectivity index (χ1) is 8.99. The van der Waals surface area contributed by atoms with E-state index in [1.807, 2.05) is 24.8 Å². The van der Waals surface area contributed by atoms with E-state index in [1.54, 1.807) is 0 Å². The number of benzene rings is 1. The first-order valence-corrected chi connectivity index (χ1v) is 8.52. The van der Waals surface area contributed by atoms with Gasteiger partial charge in [0.05, 0.1) is 0 Å². The maximum Gasteiger partial charge on any atom is 0.0426 e. The van der Waals surface area contributed by atoms with Crippen LogP contribution >= 0.6 is 23.4 Å². The van der Waals surface area contributed by atoms with E-state index in [4.69, 9.17) is 17.3 Å². The van der Waals surface area contributed by atoms with Crippen LogP contribution in [0, 0.1) is 0 Å². The van der Waals surface area contributed by atoms with E-state index in [0.29, 0.717) is 6.04 Å². The lowest BCUT2D eigenvalue weighted by molar-refractivity contribution is 0.664. The third-order valence-electron chi connectivity index (χ3n) is 3.35. The van der Waals surface area contributed by atoms with Gasteiger partial charge in [-0.15, -0.1) is 0 Å². The first-order valence-electron chi connectivity index (χ1n) is 6.75. The molecule has 4 heteroatoms. The number of nitrogens with zero attached hydrogens (tertiary/aromatic N) is 1. The Morgan fingerprint density at radius 2 is 2.11 bits per heavy atom. The third kappa shape index (κ3) is 4.90. The first kappa shape index (κ1) is 16.7. The fourth-order valence-corrected chi connectivity index (χ4v) is 3.29. The molecule has 0 aliphatic heterocycles. The maximum atomic E-state index is 6.16. The SMILES string of the molecule is CCC(CSC)N(C)c1cc(Cl)ccc1CC(C)N. The van der Waals surface area contributed by atoms with Crippen molar-refractivity contribution in [3.63, 3.8) is 0 Å². The second-order valence-electron chi connectivity index (χ2n) is 5.08. The van der Waals surface area contributed by atoms with Crippen molar-refractivity contribution < 1.29 is 0 Å². The molecule has 1 aromatic rings. The average Bonchev–Trinajstić information content (AvgIpc) is 2.36. The molecule has 0 bridgehead atoms. The van der Waals surface area contributed by atoms with Gasteiger partial charge in [0.25, 0.3) is 0 Å². The van der Waals surface area contributed by atoms with Crippen LogP contribution in [0.4, 0.5) is 5.69 Å². The van der Waals surface area contributed by atoms with Crippen molar-refractivity contribution in [1.29, 1.82) is 0 Å². The van der Waals surface area contributed by atoms with Crippen molar-refractivity contribution in [2.75, 3.05) is 24.0 Å². The molecule has 0 amide bonds. The Bertz CT molecular complexity index is 396. The van der Waals surface area contributed by atoms with Crippen LogP contribution < -0.4 is 10.6 Å². The summed E-state index contributed by atoms with van der Waals surface area (Å²) in [5, 5.41) is 0.786. The Kier molecular flexibility index (Phi) is 7.05. The van der Waals surface area contributed by atoms with Gasteiger partial charge in [-0.1, -0.05) is 24.6 Å². The third-order valence-corrected chi connectivity index (χ3v) is 4.30. The van der Waals surface area contributed by atoms with Crippen molar-refractivity contribution in [2.24, 2.45) is 5.73 Å². The summed E-state index contributed by atoms with van der Waals surface area (Å²) in [6.45, 7) is 4.27. The highest BCUT2D eigenvalue weighted by molar-refractivity contribution is 7.98. The van der Waals surface area contributed by atoms with Crippen LogP contribution in [0.1, 0.15) is 25.8 Å². The summed E-state index contributed by atoms with van der Waals surface area (Å²) in [4.78, 5) is 2.35. The molecule has 2 unspecified atom stereocenters. The molecule has 0 aliphatic rings. The summed E-state index contributed by atoms with van der Waals surface area (Å²) in [6.07, 6.45) is 4.16. The van der Waals surface area contributed by atoms with Gasteiger partial charge in [0.15, 0.2) is 0 Å². The summed E-state index contributed by atoms with van der Waals surface area (Å²) in [6, 6.07) is 6.80. The average molecular weight is 301 g/mol. The van der Waals surface area contributed by atoms with E-state index in [-0.39, 0.29) is 6.04 Å². The highest BCUT2D eigenvalue weighted by atomic mass is 35.5. The lowest BCUT2D eigenvalue weighted by Gasteiger charge is -2.31. The Morgan fingerprint density at radius 1 is 1.42 bits per heavy atom. The summed E-state index contributed by atoms with van der Waals surface area (Å²) in [5.74, 6) is 1.12. The number of nitrogens with two attached hydrogens (primary N) is 1. The largest absolute Gasteiger partial charge is 0.371 e. The fraction of sp³-hybridized carbons (Fsp3) is 0.600. The monoisotopic (exact) mass is 300 g/mol. The molecule has 0 aliphatic carbocycles. The van der Waals surface area contributed by atoms with Gasteiger partial charge in [0, 0.05) is 35.6 Å². The zero-order valence-corrected chi connectivity index (χ0v) is 13.9. The Balaban J connectivity index is 3.04. The predicted octanol–water partition coefficient (Wildman–Crippen LogP) is 3.81. The van der Waals surface area contributed by atoms with Crippen LogP contribution in [-0.4, -0.2) is 31.1 Å². The quantitative estimate of drug-likeness (QED) is 0.830. The highest BCUT2D eigenvalue weighted by Crippen LogP contribution is 2.28. The molecule has 0 saturated carbocycles. The molecule has 2 N–H and O–H groups in total. The van der Waals surface area contributed by atoms with E-state index in [2.05, 4.69) is 37.3 Å². The zero-order valence-electron chi connectivity index (χ0n) is 12.3. The normalized spacial score (nSPS) is 14.2. The molecule has 0 heterocycles. The second-order valence-corrected chi connectivity index (χ2v) is 6.43. The standard InChI is InChI=1S/C15H25ClN2S/c1-5-14(10-19-4)18(3)15-9-13(16)7-6-12(15)8-11(2)17/h6-7,9,11,14H,5,8,10,17H2,1-4H3. The van der Waals surface area contributed by atoms with E-state index in [1.165, 1.54) is 11.3 Å². The van der Waals surface area contributed by atoms with Crippen molar-refractivity contribution in [1.82, 2.24) is 0 Å². The van der Waals surface area contributed by atoms with Gasteiger partial charge in [-0.3, -0.25) is 0 Å². The summed E-state index contributed by atoms with van der Waals surface area (Å²) < 4.78 is 0. The number of anilines is 1. The summed E-state index contributed by atoms with van der Waals surface area (Å²) in [5.41, 5.74) is 8.44.